The van der Waals surface area contributed by atoms with E-state index in [1.165, 1.54) is 19.3 Å². The van der Waals surface area contributed by atoms with Crippen LogP contribution in [-0.2, 0) is 0 Å². The minimum atomic E-state index is -0.170. The molecule has 1 aliphatic heterocycles. The second kappa shape index (κ2) is 8.16. The third-order valence-corrected chi connectivity index (χ3v) is 4.48. The average Bonchev–Trinajstić information content (AvgIpc) is 2.97. The molecule has 0 bridgehead atoms. The normalized spacial score (nSPS) is 14.3. The molecule has 0 spiro atoms. The molecule has 1 fully saturated rings. The first-order valence-electron chi connectivity index (χ1n) is 9.10. The van der Waals surface area contributed by atoms with Gasteiger partial charge >= 0.3 is 0 Å². The van der Waals surface area contributed by atoms with Gasteiger partial charge in [-0.1, -0.05) is 5.16 Å². The second-order valence-electron chi connectivity index (χ2n) is 6.59. The minimum absolute atomic E-state index is 0.170. The van der Waals surface area contributed by atoms with Gasteiger partial charge in [-0.05, 0) is 40.0 Å². The summed E-state index contributed by atoms with van der Waals surface area (Å²) in [7, 11) is 0. The Balaban J connectivity index is 1.53. The van der Waals surface area contributed by atoms with E-state index in [1.807, 2.05) is 13.0 Å². The second-order valence-corrected chi connectivity index (χ2v) is 6.59. The number of aromatic nitrogens is 3. The zero-order valence-electron chi connectivity index (χ0n) is 15.6. The van der Waals surface area contributed by atoms with E-state index in [1.54, 1.807) is 13.8 Å². The number of carbonyl (C=O) groups excluding carboxylic acids is 1. The van der Waals surface area contributed by atoms with E-state index in [-0.39, 0.29) is 5.91 Å². The van der Waals surface area contributed by atoms with Crippen molar-refractivity contribution in [2.75, 3.05) is 36.4 Å². The molecular formula is C18H26N6O2. The number of hydrogen-bond donors (Lipinski definition) is 2. The Kier molecular flexibility index (Phi) is 5.70. The molecule has 2 aromatic rings. The van der Waals surface area contributed by atoms with Crippen LogP contribution in [0.4, 0.5) is 11.6 Å². The molecule has 0 saturated carbocycles. The van der Waals surface area contributed by atoms with Crippen molar-refractivity contribution in [1.29, 1.82) is 0 Å². The van der Waals surface area contributed by atoms with Crippen LogP contribution in [-0.4, -0.2) is 47.2 Å². The van der Waals surface area contributed by atoms with Gasteiger partial charge in [-0.15, -0.1) is 0 Å². The van der Waals surface area contributed by atoms with Gasteiger partial charge < -0.3 is 20.1 Å². The van der Waals surface area contributed by atoms with Crippen LogP contribution < -0.4 is 15.5 Å². The zero-order valence-corrected chi connectivity index (χ0v) is 15.6. The highest BCUT2D eigenvalue weighted by molar-refractivity contribution is 5.96. The van der Waals surface area contributed by atoms with Gasteiger partial charge in [0.1, 0.15) is 28.8 Å². The highest BCUT2D eigenvalue weighted by atomic mass is 16.5. The van der Waals surface area contributed by atoms with Gasteiger partial charge in [-0.25, -0.2) is 9.97 Å². The van der Waals surface area contributed by atoms with E-state index in [9.17, 15) is 4.79 Å². The van der Waals surface area contributed by atoms with Crippen molar-refractivity contribution in [1.82, 2.24) is 20.4 Å². The molecule has 0 aliphatic carbocycles. The number of aryl methyl sites for hydroxylation is 3. The number of hydrogen-bond acceptors (Lipinski definition) is 7. The van der Waals surface area contributed by atoms with Crippen molar-refractivity contribution in [2.45, 2.75) is 40.0 Å². The molecule has 1 amide bonds. The first-order chi connectivity index (χ1) is 12.5. The lowest BCUT2D eigenvalue weighted by molar-refractivity contribution is 0.0953. The Hall–Kier alpha value is -2.64. The Labute approximate surface area is 153 Å². The average molecular weight is 358 g/mol. The minimum Gasteiger partial charge on any atom is -0.368 e. The molecule has 3 heterocycles. The Morgan fingerprint density at radius 1 is 1.15 bits per heavy atom. The number of carbonyl (C=O) groups is 1. The predicted octanol–water partition coefficient (Wildman–Crippen LogP) is 2.22. The maximum absolute atomic E-state index is 12.2. The van der Waals surface area contributed by atoms with E-state index in [0.717, 1.165) is 30.5 Å². The van der Waals surface area contributed by atoms with Gasteiger partial charge in [-0.3, -0.25) is 4.79 Å². The van der Waals surface area contributed by atoms with Crippen molar-refractivity contribution >= 4 is 17.5 Å². The quantitative estimate of drug-likeness (QED) is 0.764. The smallest absolute Gasteiger partial charge is 0.256 e. The van der Waals surface area contributed by atoms with Gasteiger partial charge in [0.2, 0.25) is 0 Å². The summed E-state index contributed by atoms with van der Waals surface area (Å²) >= 11 is 0. The number of nitrogens with one attached hydrogen (secondary N) is 2. The van der Waals surface area contributed by atoms with Gasteiger partial charge in [0.05, 0.1) is 5.69 Å². The fourth-order valence-corrected chi connectivity index (χ4v) is 3.19. The molecule has 0 aromatic carbocycles. The number of anilines is 2. The van der Waals surface area contributed by atoms with E-state index >= 15 is 0 Å². The third-order valence-electron chi connectivity index (χ3n) is 4.48. The fraction of sp³-hybridized carbons (Fsp3) is 0.556. The Morgan fingerprint density at radius 3 is 2.62 bits per heavy atom. The number of nitrogens with zero attached hydrogens (tertiary/aromatic N) is 4. The van der Waals surface area contributed by atoms with Crippen LogP contribution in [0.3, 0.4) is 0 Å². The van der Waals surface area contributed by atoms with E-state index < -0.39 is 0 Å². The summed E-state index contributed by atoms with van der Waals surface area (Å²) in [6.45, 7) is 8.54. The molecule has 2 N–H and O–H groups in total. The van der Waals surface area contributed by atoms with Crippen LogP contribution in [0.25, 0.3) is 0 Å². The lowest BCUT2D eigenvalue weighted by Gasteiger charge is -2.28. The van der Waals surface area contributed by atoms with Crippen molar-refractivity contribution in [3.05, 3.63) is 28.9 Å². The molecule has 1 saturated heterocycles. The van der Waals surface area contributed by atoms with Crippen molar-refractivity contribution in [3.63, 3.8) is 0 Å². The summed E-state index contributed by atoms with van der Waals surface area (Å²) in [5.41, 5.74) is 1.11. The molecule has 2 aromatic heterocycles. The highest BCUT2D eigenvalue weighted by Gasteiger charge is 2.17. The number of piperidine rings is 1. The van der Waals surface area contributed by atoms with Crippen molar-refractivity contribution in [2.24, 2.45) is 0 Å². The van der Waals surface area contributed by atoms with Gasteiger partial charge in [-0.2, -0.15) is 0 Å². The Bertz CT molecular complexity index is 748. The van der Waals surface area contributed by atoms with E-state index in [0.29, 0.717) is 30.1 Å². The molecule has 140 valence electrons. The van der Waals surface area contributed by atoms with Crippen molar-refractivity contribution in [3.8, 4) is 0 Å². The molecule has 8 heteroatoms. The molecule has 8 nitrogen and oxygen atoms in total. The summed E-state index contributed by atoms with van der Waals surface area (Å²) < 4.78 is 5.03. The first kappa shape index (κ1) is 18.2. The molecule has 0 unspecified atom stereocenters. The maximum Gasteiger partial charge on any atom is 0.256 e. The Morgan fingerprint density at radius 2 is 1.92 bits per heavy atom. The summed E-state index contributed by atoms with van der Waals surface area (Å²) in [4.78, 5) is 23.5. The number of amides is 1. The lowest BCUT2D eigenvalue weighted by atomic mass is 10.1. The van der Waals surface area contributed by atoms with Crippen LogP contribution in [0.5, 0.6) is 0 Å². The summed E-state index contributed by atoms with van der Waals surface area (Å²) in [5.74, 6) is 2.86. The molecule has 0 radical (unpaired) electrons. The molecule has 26 heavy (non-hydrogen) atoms. The van der Waals surface area contributed by atoms with Gasteiger partial charge in [0, 0.05) is 32.2 Å². The fourth-order valence-electron chi connectivity index (χ4n) is 3.19. The maximum atomic E-state index is 12.2. The standard InChI is InChI=1S/C18H26N6O2/c1-12-17(13(2)26-23-12)18(25)20-8-7-19-15-11-16(22-14(3)21-15)24-9-5-4-6-10-24/h11H,4-10H2,1-3H3,(H,20,25)(H,19,21,22). The topological polar surface area (TPSA) is 96.2 Å². The van der Waals surface area contributed by atoms with Gasteiger partial charge in [0.25, 0.3) is 5.91 Å². The summed E-state index contributed by atoms with van der Waals surface area (Å²) in [6, 6.07) is 1.98. The zero-order chi connectivity index (χ0) is 18.5. The third kappa shape index (κ3) is 4.30. The van der Waals surface area contributed by atoms with E-state index in [4.69, 9.17) is 4.52 Å². The molecule has 0 atom stereocenters. The lowest BCUT2D eigenvalue weighted by Crippen LogP contribution is -2.31. The molecule has 3 rings (SSSR count). The van der Waals surface area contributed by atoms with Crippen LogP contribution in [0, 0.1) is 20.8 Å². The van der Waals surface area contributed by atoms with Crippen molar-refractivity contribution < 1.29 is 9.32 Å². The van der Waals surface area contributed by atoms with Gasteiger partial charge in [0.15, 0.2) is 0 Å². The molecular weight excluding hydrogens is 332 g/mol. The summed E-state index contributed by atoms with van der Waals surface area (Å²) in [5, 5.41) is 9.94. The van der Waals surface area contributed by atoms with Crippen LogP contribution in [0.15, 0.2) is 10.6 Å². The van der Waals surface area contributed by atoms with Crippen LogP contribution in [0.2, 0.25) is 0 Å². The summed E-state index contributed by atoms with van der Waals surface area (Å²) in [6.07, 6.45) is 3.70. The van der Waals surface area contributed by atoms with E-state index in [2.05, 4.69) is 30.7 Å². The van der Waals surface area contributed by atoms with Crippen LogP contribution in [0.1, 0.15) is 46.9 Å². The highest BCUT2D eigenvalue weighted by Crippen LogP contribution is 2.20. The van der Waals surface area contributed by atoms with Crippen LogP contribution >= 0.6 is 0 Å². The largest absolute Gasteiger partial charge is 0.368 e. The predicted molar refractivity (Wildman–Crippen MR) is 99.6 cm³/mol. The monoisotopic (exact) mass is 358 g/mol. The number of rotatable bonds is 6. The first-order valence-corrected chi connectivity index (χ1v) is 9.10. The SMILES string of the molecule is Cc1nc(NCCNC(=O)c2c(C)noc2C)cc(N2CCCCC2)n1. The molecule has 1 aliphatic rings.